The van der Waals surface area contributed by atoms with Gasteiger partial charge < -0.3 is 14.5 Å². The van der Waals surface area contributed by atoms with Crippen molar-refractivity contribution in [1.29, 1.82) is 0 Å². The second kappa shape index (κ2) is 6.94. The molecule has 5 nitrogen and oxygen atoms in total. The van der Waals surface area contributed by atoms with Crippen molar-refractivity contribution in [1.82, 2.24) is 9.80 Å². The van der Waals surface area contributed by atoms with Crippen molar-refractivity contribution in [3.05, 3.63) is 34.2 Å². The van der Waals surface area contributed by atoms with Crippen molar-refractivity contribution < 1.29 is 14.3 Å². The highest BCUT2D eigenvalue weighted by atomic mass is 35.5. The fourth-order valence-corrected chi connectivity index (χ4v) is 4.88. The summed E-state index contributed by atoms with van der Waals surface area (Å²) in [5.74, 6) is 0.0138. The van der Waals surface area contributed by atoms with Crippen LogP contribution in [0.2, 0.25) is 5.02 Å². The lowest BCUT2D eigenvalue weighted by Gasteiger charge is -2.35. The summed E-state index contributed by atoms with van der Waals surface area (Å²) in [6.07, 6.45) is 1.45. The molecule has 3 heterocycles. The Bertz CT molecular complexity index is 808. The van der Waals surface area contributed by atoms with E-state index in [1.165, 1.54) is 11.3 Å². The highest BCUT2D eigenvalue weighted by Crippen LogP contribution is 2.36. The maximum atomic E-state index is 12.8. The van der Waals surface area contributed by atoms with Crippen LogP contribution in [0.1, 0.15) is 22.5 Å². The van der Waals surface area contributed by atoms with Gasteiger partial charge in [-0.1, -0.05) is 29.8 Å². The lowest BCUT2D eigenvalue weighted by molar-refractivity contribution is -0.142. The molecule has 2 fully saturated rings. The molecule has 7 heteroatoms. The van der Waals surface area contributed by atoms with Crippen LogP contribution in [0.15, 0.2) is 24.3 Å². The van der Waals surface area contributed by atoms with Crippen molar-refractivity contribution in [3.8, 4) is 0 Å². The standard InChI is InChI=1S/C18H19ClN2O3S/c19-15-12-4-1-2-6-14(12)25-16(15)18(23)21-9-7-20(8-10-21)17(22)13-5-3-11-24-13/h1-2,4,6,13H,3,5,7-11H2/t13-/m1/s1. The van der Waals surface area contributed by atoms with E-state index < -0.39 is 0 Å². The Labute approximate surface area is 155 Å². The molecular weight excluding hydrogens is 360 g/mol. The third kappa shape index (κ3) is 3.14. The summed E-state index contributed by atoms with van der Waals surface area (Å²) in [5.41, 5.74) is 0. The number of carbonyl (C=O) groups excluding carboxylic acids is 2. The Morgan fingerprint density at radius 1 is 1.12 bits per heavy atom. The summed E-state index contributed by atoms with van der Waals surface area (Å²) in [4.78, 5) is 29.4. The van der Waals surface area contributed by atoms with Crippen LogP contribution in [0, 0.1) is 0 Å². The van der Waals surface area contributed by atoms with Gasteiger partial charge in [-0.25, -0.2) is 0 Å². The highest BCUT2D eigenvalue weighted by Gasteiger charge is 2.32. The number of nitrogens with zero attached hydrogens (tertiary/aromatic N) is 2. The predicted octanol–water partition coefficient (Wildman–Crippen LogP) is 3.02. The minimum Gasteiger partial charge on any atom is -0.368 e. The number of thiophene rings is 1. The predicted molar refractivity (Wildman–Crippen MR) is 98.3 cm³/mol. The van der Waals surface area contributed by atoms with Gasteiger partial charge in [0.2, 0.25) is 0 Å². The number of benzene rings is 1. The molecule has 0 N–H and O–H groups in total. The van der Waals surface area contributed by atoms with Crippen molar-refractivity contribution in [3.63, 3.8) is 0 Å². The average molecular weight is 379 g/mol. The molecule has 1 aromatic carbocycles. The molecule has 2 aliphatic heterocycles. The summed E-state index contributed by atoms with van der Waals surface area (Å²) in [7, 11) is 0. The van der Waals surface area contributed by atoms with Crippen LogP contribution >= 0.6 is 22.9 Å². The number of rotatable bonds is 2. The van der Waals surface area contributed by atoms with Gasteiger partial charge >= 0.3 is 0 Å². The van der Waals surface area contributed by atoms with E-state index in [-0.39, 0.29) is 17.9 Å². The van der Waals surface area contributed by atoms with Gasteiger partial charge in [0.05, 0.1) is 5.02 Å². The van der Waals surface area contributed by atoms with Crippen LogP contribution in [0.25, 0.3) is 10.1 Å². The number of amides is 2. The number of piperazine rings is 1. The lowest BCUT2D eigenvalue weighted by Crippen LogP contribution is -2.52. The molecule has 25 heavy (non-hydrogen) atoms. The van der Waals surface area contributed by atoms with Crippen molar-refractivity contribution in [2.75, 3.05) is 32.8 Å². The van der Waals surface area contributed by atoms with E-state index in [1.807, 2.05) is 29.2 Å². The highest BCUT2D eigenvalue weighted by molar-refractivity contribution is 7.21. The Balaban J connectivity index is 1.44. The zero-order valence-corrected chi connectivity index (χ0v) is 15.3. The third-order valence-corrected chi connectivity index (χ3v) is 6.48. The average Bonchev–Trinajstić information content (AvgIpc) is 3.30. The van der Waals surface area contributed by atoms with Gasteiger partial charge in [0.15, 0.2) is 0 Å². The Kier molecular flexibility index (Phi) is 4.67. The van der Waals surface area contributed by atoms with E-state index in [1.54, 1.807) is 4.90 Å². The van der Waals surface area contributed by atoms with E-state index in [0.29, 0.717) is 42.7 Å². The van der Waals surface area contributed by atoms with Gasteiger partial charge in [0, 0.05) is 42.9 Å². The van der Waals surface area contributed by atoms with Crippen LogP contribution in [0.4, 0.5) is 0 Å². The number of carbonyl (C=O) groups is 2. The maximum absolute atomic E-state index is 12.8. The Hall–Kier alpha value is -1.63. The molecule has 1 aromatic heterocycles. The first-order valence-corrected chi connectivity index (χ1v) is 9.71. The van der Waals surface area contributed by atoms with Gasteiger partial charge in [0.25, 0.3) is 11.8 Å². The smallest absolute Gasteiger partial charge is 0.265 e. The largest absolute Gasteiger partial charge is 0.368 e. The quantitative estimate of drug-likeness (QED) is 0.807. The van der Waals surface area contributed by atoms with Crippen LogP contribution in [-0.4, -0.2) is 60.5 Å². The topological polar surface area (TPSA) is 49.9 Å². The number of fused-ring (bicyclic) bond motifs is 1. The molecule has 2 aromatic rings. The zero-order chi connectivity index (χ0) is 17.4. The molecular formula is C18H19ClN2O3S. The second-order valence-electron chi connectivity index (χ2n) is 6.36. The van der Waals surface area contributed by atoms with Crippen LogP contribution in [-0.2, 0) is 9.53 Å². The van der Waals surface area contributed by atoms with E-state index in [9.17, 15) is 9.59 Å². The first kappa shape index (κ1) is 16.8. The molecule has 0 aliphatic carbocycles. The molecule has 0 spiro atoms. The summed E-state index contributed by atoms with van der Waals surface area (Å²) >= 11 is 7.85. The maximum Gasteiger partial charge on any atom is 0.265 e. The van der Waals surface area contributed by atoms with Gasteiger partial charge in [-0.05, 0) is 18.9 Å². The van der Waals surface area contributed by atoms with Gasteiger partial charge in [0.1, 0.15) is 11.0 Å². The van der Waals surface area contributed by atoms with Crippen molar-refractivity contribution in [2.24, 2.45) is 0 Å². The Morgan fingerprint density at radius 2 is 1.84 bits per heavy atom. The minimum atomic E-state index is -0.292. The molecule has 2 amide bonds. The van der Waals surface area contributed by atoms with Gasteiger partial charge in [-0.3, -0.25) is 9.59 Å². The minimum absolute atomic E-state index is 0.0459. The second-order valence-corrected chi connectivity index (χ2v) is 7.79. The van der Waals surface area contributed by atoms with Crippen LogP contribution < -0.4 is 0 Å². The van der Waals surface area contributed by atoms with Gasteiger partial charge in [-0.15, -0.1) is 11.3 Å². The number of hydrogen-bond acceptors (Lipinski definition) is 4. The summed E-state index contributed by atoms with van der Waals surface area (Å²) in [5, 5.41) is 1.45. The molecule has 2 saturated heterocycles. The van der Waals surface area contributed by atoms with Crippen molar-refractivity contribution in [2.45, 2.75) is 18.9 Å². The fourth-order valence-electron chi connectivity index (χ4n) is 3.40. The molecule has 2 aliphatic rings. The monoisotopic (exact) mass is 378 g/mol. The molecule has 0 unspecified atom stereocenters. The molecule has 0 radical (unpaired) electrons. The number of hydrogen-bond donors (Lipinski definition) is 0. The van der Waals surface area contributed by atoms with E-state index in [4.69, 9.17) is 16.3 Å². The van der Waals surface area contributed by atoms with Gasteiger partial charge in [-0.2, -0.15) is 0 Å². The first-order valence-electron chi connectivity index (χ1n) is 8.52. The molecule has 0 bridgehead atoms. The number of ether oxygens (including phenoxy) is 1. The van der Waals surface area contributed by atoms with Crippen LogP contribution in [0.5, 0.6) is 0 Å². The molecule has 132 valence electrons. The molecule has 1 atom stereocenters. The normalized spacial score (nSPS) is 21.1. The zero-order valence-electron chi connectivity index (χ0n) is 13.7. The summed E-state index contributed by atoms with van der Waals surface area (Å²) in [6, 6.07) is 7.77. The fraction of sp³-hybridized carbons (Fsp3) is 0.444. The van der Waals surface area contributed by atoms with E-state index >= 15 is 0 Å². The summed E-state index contributed by atoms with van der Waals surface area (Å²) < 4.78 is 6.49. The SMILES string of the molecule is O=C(c1sc2ccccc2c1Cl)N1CCN(C(=O)[C@H]2CCCO2)CC1. The number of halogens is 1. The third-order valence-electron chi connectivity index (χ3n) is 4.81. The lowest BCUT2D eigenvalue weighted by atomic mass is 10.2. The van der Waals surface area contributed by atoms with E-state index in [0.717, 1.165) is 22.9 Å². The molecule has 0 saturated carbocycles. The van der Waals surface area contributed by atoms with Crippen LogP contribution in [0.3, 0.4) is 0 Å². The summed E-state index contributed by atoms with van der Waals surface area (Å²) in [6.45, 7) is 2.82. The molecule has 4 rings (SSSR count). The van der Waals surface area contributed by atoms with E-state index in [2.05, 4.69) is 0 Å². The first-order chi connectivity index (χ1) is 12.1. The van der Waals surface area contributed by atoms with Crippen molar-refractivity contribution >= 4 is 44.8 Å². The Morgan fingerprint density at radius 3 is 2.52 bits per heavy atom.